The summed E-state index contributed by atoms with van der Waals surface area (Å²) in [6.45, 7) is 4.06. The fraction of sp³-hybridized carbons (Fsp3) is 0.800. The summed E-state index contributed by atoms with van der Waals surface area (Å²) in [6.07, 6.45) is 2.26. The SMILES string of the molecule is CCC(CC#N)NC(=O)C1CC1C. The molecule has 1 amide bonds. The maximum absolute atomic E-state index is 11.4. The van der Waals surface area contributed by atoms with Crippen molar-refractivity contribution in [3.8, 4) is 6.07 Å². The van der Waals surface area contributed by atoms with Crippen LogP contribution in [0.15, 0.2) is 0 Å². The molecule has 1 rings (SSSR count). The van der Waals surface area contributed by atoms with E-state index in [0.29, 0.717) is 12.3 Å². The van der Waals surface area contributed by atoms with E-state index in [0.717, 1.165) is 12.8 Å². The van der Waals surface area contributed by atoms with Gasteiger partial charge in [-0.2, -0.15) is 5.26 Å². The third-order valence-electron chi connectivity index (χ3n) is 2.62. The molecular formula is C10H16N2O. The zero-order valence-corrected chi connectivity index (χ0v) is 8.21. The molecule has 1 aliphatic rings. The minimum Gasteiger partial charge on any atom is -0.352 e. The number of carbonyl (C=O) groups is 1. The van der Waals surface area contributed by atoms with Crippen molar-refractivity contribution < 1.29 is 4.79 Å². The van der Waals surface area contributed by atoms with Gasteiger partial charge in [-0.1, -0.05) is 13.8 Å². The Labute approximate surface area is 79.1 Å². The van der Waals surface area contributed by atoms with E-state index in [1.807, 2.05) is 6.92 Å². The Hall–Kier alpha value is -1.04. The molecule has 0 aliphatic heterocycles. The van der Waals surface area contributed by atoms with Gasteiger partial charge in [0.1, 0.15) is 0 Å². The van der Waals surface area contributed by atoms with Crippen LogP contribution in [0.3, 0.4) is 0 Å². The van der Waals surface area contributed by atoms with Crippen LogP contribution in [0.1, 0.15) is 33.1 Å². The van der Waals surface area contributed by atoms with Crippen LogP contribution in [0.25, 0.3) is 0 Å². The standard InChI is InChI=1S/C10H16N2O/c1-3-8(4-5-11)12-10(13)9-6-7(9)2/h7-9H,3-4,6H2,1-2H3,(H,12,13). The lowest BCUT2D eigenvalue weighted by Crippen LogP contribution is -2.35. The van der Waals surface area contributed by atoms with Crippen LogP contribution in [0.4, 0.5) is 0 Å². The molecule has 1 saturated carbocycles. The average molecular weight is 180 g/mol. The second-order valence-corrected chi connectivity index (χ2v) is 3.80. The lowest BCUT2D eigenvalue weighted by atomic mass is 10.1. The summed E-state index contributed by atoms with van der Waals surface area (Å²) in [5.74, 6) is 0.891. The molecule has 0 radical (unpaired) electrons. The van der Waals surface area contributed by atoms with Gasteiger partial charge in [0.2, 0.25) is 5.91 Å². The molecule has 0 bridgehead atoms. The summed E-state index contributed by atoms with van der Waals surface area (Å²) in [5.41, 5.74) is 0. The van der Waals surface area contributed by atoms with E-state index in [-0.39, 0.29) is 17.9 Å². The number of nitrogens with one attached hydrogen (secondary N) is 1. The minimum absolute atomic E-state index is 0.0466. The Morgan fingerprint density at radius 2 is 2.38 bits per heavy atom. The Balaban J connectivity index is 2.29. The molecule has 13 heavy (non-hydrogen) atoms. The highest BCUT2D eigenvalue weighted by Crippen LogP contribution is 2.37. The second-order valence-electron chi connectivity index (χ2n) is 3.80. The molecule has 0 spiro atoms. The van der Waals surface area contributed by atoms with Crippen molar-refractivity contribution in [2.45, 2.75) is 39.2 Å². The molecule has 0 aromatic heterocycles. The maximum Gasteiger partial charge on any atom is 0.223 e. The molecule has 0 aromatic rings. The fourth-order valence-electron chi connectivity index (χ4n) is 1.40. The molecule has 1 aliphatic carbocycles. The van der Waals surface area contributed by atoms with Gasteiger partial charge in [-0.15, -0.1) is 0 Å². The first-order chi connectivity index (χ1) is 6.19. The summed E-state index contributed by atoms with van der Waals surface area (Å²) in [6, 6.07) is 2.13. The van der Waals surface area contributed by atoms with E-state index >= 15 is 0 Å². The second kappa shape index (κ2) is 4.27. The van der Waals surface area contributed by atoms with Crippen LogP contribution in [0.2, 0.25) is 0 Å². The van der Waals surface area contributed by atoms with Crippen LogP contribution in [0.5, 0.6) is 0 Å². The Bertz CT molecular complexity index is 232. The van der Waals surface area contributed by atoms with E-state index in [9.17, 15) is 4.79 Å². The van der Waals surface area contributed by atoms with Gasteiger partial charge in [0.25, 0.3) is 0 Å². The van der Waals surface area contributed by atoms with E-state index in [2.05, 4.69) is 18.3 Å². The van der Waals surface area contributed by atoms with Gasteiger partial charge in [0.05, 0.1) is 12.5 Å². The van der Waals surface area contributed by atoms with Gasteiger partial charge in [-0.25, -0.2) is 0 Å². The van der Waals surface area contributed by atoms with Crippen LogP contribution < -0.4 is 5.32 Å². The summed E-state index contributed by atoms with van der Waals surface area (Å²) in [5, 5.41) is 11.4. The predicted molar refractivity (Wildman–Crippen MR) is 49.7 cm³/mol. The molecule has 1 fully saturated rings. The van der Waals surface area contributed by atoms with E-state index in [1.54, 1.807) is 0 Å². The topological polar surface area (TPSA) is 52.9 Å². The van der Waals surface area contributed by atoms with Crippen molar-refractivity contribution in [2.24, 2.45) is 11.8 Å². The van der Waals surface area contributed by atoms with E-state index in [4.69, 9.17) is 5.26 Å². The summed E-state index contributed by atoms with van der Waals surface area (Å²) in [4.78, 5) is 11.4. The lowest BCUT2D eigenvalue weighted by Gasteiger charge is -2.12. The molecule has 3 unspecified atom stereocenters. The van der Waals surface area contributed by atoms with Crippen molar-refractivity contribution in [1.29, 1.82) is 5.26 Å². The first-order valence-electron chi connectivity index (χ1n) is 4.86. The van der Waals surface area contributed by atoms with E-state index < -0.39 is 0 Å². The van der Waals surface area contributed by atoms with Crippen LogP contribution in [0, 0.1) is 23.2 Å². The first-order valence-corrected chi connectivity index (χ1v) is 4.86. The minimum atomic E-state index is 0.0466. The number of nitriles is 1. The number of carbonyl (C=O) groups excluding carboxylic acids is 1. The third kappa shape index (κ3) is 2.73. The molecule has 3 nitrogen and oxygen atoms in total. The summed E-state index contributed by atoms with van der Waals surface area (Å²) < 4.78 is 0. The lowest BCUT2D eigenvalue weighted by molar-refractivity contribution is -0.123. The third-order valence-corrected chi connectivity index (χ3v) is 2.62. The predicted octanol–water partition coefficient (Wildman–Crippen LogP) is 1.45. The van der Waals surface area contributed by atoms with E-state index in [1.165, 1.54) is 0 Å². The monoisotopic (exact) mass is 180 g/mol. The smallest absolute Gasteiger partial charge is 0.223 e. The normalized spacial score (nSPS) is 27.5. The van der Waals surface area contributed by atoms with Gasteiger partial charge < -0.3 is 5.32 Å². The Morgan fingerprint density at radius 3 is 2.77 bits per heavy atom. The number of nitrogens with zero attached hydrogens (tertiary/aromatic N) is 1. The summed E-state index contributed by atoms with van der Waals surface area (Å²) >= 11 is 0. The number of hydrogen-bond donors (Lipinski definition) is 1. The van der Waals surface area contributed by atoms with Crippen molar-refractivity contribution in [1.82, 2.24) is 5.32 Å². The Morgan fingerprint density at radius 1 is 1.77 bits per heavy atom. The van der Waals surface area contributed by atoms with Crippen LogP contribution in [-0.2, 0) is 4.79 Å². The number of hydrogen-bond acceptors (Lipinski definition) is 2. The van der Waals surface area contributed by atoms with Crippen molar-refractivity contribution in [3.63, 3.8) is 0 Å². The number of amides is 1. The highest BCUT2D eigenvalue weighted by atomic mass is 16.2. The summed E-state index contributed by atoms with van der Waals surface area (Å²) in [7, 11) is 0. The quantitative estimate of drug-likeness (QED) is 0.712. The van der Waals surface area contributed by atoms with Gasteiger partial charge in [0, 0.05) is 12.0 Å². The zero-order valence-electron chi connectivity index (χ0n) is 8.21. The van der Waals surface area contributed by atoms with Crippen molar-refractivity contribution in [3.05, 3.63) is 0 Å². The maximum atomic E-state index is 11.4. The largest absolute Gasteiger partial charge is 0.352 e. The molecule has 0 aromatic carbocycles. The molecule has 0 heterocycles. The Kier molecular flexibility index (Phi) is 3.30. The molecule has 1 N–H and O–H groups in total. The molecular weight excluding hydrogens is 164 g/mol. The average Bonchev–Trinajstić information content (AvgIpc) is 2.82. The van der Waals surface area contributed by atoms with Crippen molar-refractivity contribution in [2.75, 3.05) is 0 Å². The number of rotatable bonds is 4. The van der Waals surface area contributed by atoms with Crippen LogP contribution >= 0.6 is 0 Å². The first kappa shape index (κ1) is 10.0. The molecule has 3 heteroatoms. The molecule has 72 valence electrons. The van der Waals surface area contributed by atoms with Gasteiger partial charge in [0.15, 0.2) is 0 Å². The van der Waals surface area contributed by atoms with Gasteiger partial charge >= 0.3 is 0 Å². The molecule has 0 saturated heterocycles. The van der Waals surface area contributed by atoms with Gasteiger partial charge in [-0.05, 0) is 18.8 Å². The van der Waals surface area contributed by atoms with Crippen LogP contribution in [-0.4, -0.2) is 11.9 Å². The van der Waals surface area contributed by atoms with Gasteiger partial charge in [-0.3, -0.25) is 4.79 Å². The fourth-order valence-corrected chi connectivity index (χ4v) is 1.40. The zero-order chi connectivity index (χ0) is 9.84. The molecule has 3 atom stereocenters. The van der Waals surface area contributed by atoms with Crippen molar-refractivity contribution >= 4 is 5.91 Å². The highest BCUT2D eigenvalue weighted by Gasteiger charge is 2.39. The highest BCUT2D eigenvalue weighted by molar-refractivity contribution is 5.81.